The van der Waals surface area contributed by atoms with Crippen LogP contribution < -0.4 is 5.32 Å². The zero-order valence-electron chi connectivity index (χ0n) is 10.6. The lowest BCUT2D eigenvalue weighted by Crippen LogP contribution is -2.10. The van der Waals surface area contributed by atoms with Crippen molar-refractivity contribution in [2.45, 2.75) is 32.7 Å². The topological polar surface area (TPSA) is 38.1 Å². The number of oxazole rings is 1. The monoisotopic (exact) mass is 296 g/mol. The first-order chi connectivity index (χ1) is 7.91. The second kappa shape index (κ2) is 4.42. The van der Waals surface area contributed by atoms with Gasteiger partial charge in [-0.15, -0.1) is 0 Å². The summed E-state index contributed by atoms with van der Waals surface area (Å²) < 4.78 is 6.65. The van der Waals surface area contributed by atoms with Crippen molar-refractivity contribution in [2.24, 2.45) is 0 Å². The molecule has 0 atom stereocenters. The number of hydrogen-bond acceptors (Lipinski definition) is 3. The molecule has 1 heterocycles. The molecule has 0 aliphatic heterocycles. The van der Waals surface area contributed by atoms with Gasteiger partial charge < -0.3 is 9.73 Å². The molecular weight excluding hydrogens is 280 g/mol. The van der Waals surface area contributed by atoms with Crippen LogP contribution >= 0.6 is 15.9 Å². The number of fused-ring (bicyclic) bond motifs is 1. The van der Waals surface area contributed by atoms with Gasteiger partial charge in [-0.05, 0) is 46.1 Å². The Hall–Kier alpha value is -0.870. The maximum atomic E-state index is 5.69. The Kier molecular flexibility index (Phi) is 3.27. The lowest BCUT2D eigenvalue weighted by Gasteiger charge is -2.18. The van der Waals surface area contributed by atoms with Crippen molar-refractivity contribution in [1.82, 2.24) is 10.3 Å². The summed E-state index contributed by atoms with van der Waals surface area (Å²) in [5.41, 5.74) is 3.10. The number of halogens is 1. The maximum Gasteiger partial charge on any atom is 0.209 e. The number of benzene rings is 1. The molecule has 0 aliphatic rings. The molecule has 0 aliphatic carbocycles. The van der Waals surface area contributed by atoms with Crippen molar-refractivity contribution in [3.8, 4) is 0 Å². The molecule has 0 spiro atoms. The summed E-state index contributed by atoms with van der Waals surface area (Å²) in [5.74, 6) is 0.717. The molecule has 17 heavy (non-hydrogen) atoms. The van der Waals surface area contributed by atoms with Gasteiger partial charge in [-0.3, -0.25) is 0 Å². The van der Waals surface area contributed by atoms with Crippen LogP contribution in [-0.2, 0) is 12.0 Å². The van der Waals surface area contributed by atoms with Crippen LogP contribution in [0.1, 0.15) is 32.2 Å². The average molecular weight is 297 g/mol. The van der Waals surface area contributed by atoms with Crippen molar-refractivity contribution in [3.63, 3.8) is 0 Å². The number of rotatable bonds is 2. The van der Waals surface area contributed by atoms with Crippen molar-refractivity contribution in [3.05, 3.63) is 28.1 Å². The molecule has 3 nitrogen and oxygen atoms in total. The number of nitrogens with one attached hydrogen (secondary N) is 1. The molecule has 0 saturated carbocycles. The highest BCUT2D eigenvalue weighted by Crippen LogP contribution is 2.32. The molecule has 0 fully saturated rings. The standard InChI is InChI=1S/C13H17BrN2O/c1-13(2,3)8-5-9(14)12-10(6-8)16-11(17-12)7-15-4/h5-6,15H,7H2,1-4H3. The van der Waals surface area contributed by atoms with Crippen LogP contribution in [-0.4, -0.2) is 12.0 Å². The second-order valence-corrected chi connectivity index (χ2v) is 6.05. The number of nitrogens with zero attached hydrogens (tertiary/aromatic N) is 1. The van der Waals surface area contributed by atoms with Gasteiger partial charge in [0.1, 0.15) is 5.52 Å². The molecule has 4 heteroatoms. The van der Waals surface area contributed by atoms with Gasteiger partial charge in [0.25, 0.3) is 0 Å². The van der Waals surface area contributed by atoms with E-state index in [1.807, 2.05) is 7.05 Å². The van der Waals surface area contributed by atoms with E-state index in [0.29, 0.717) is 12.4 Å². The van der Waals surface area contributed by atoms with Gasteiger partial charge in [0.05, 0.1) is 11.0 Å². The van der Waals surface area contributed by atoms with Crippen LogP contribution in [0.15, 0.2) is 21.0 Å². The van der Waals surface area contributed by atoms with Crippen LogP contribution in [0.4, 0.5) is 0 Å². The molecular formula is C13H17BrN2O. The lowest BCUT2D eigenvalue weighted by molar-refractivity contribution is 0.510. The smallest absolute Gasteiger partial charge is 0.209 e. The maximum absolute atomic E-state index is 5.69. The van der Waals surface area contributed by atoms with Gasteiger partial charge in [0, 0.05) is 0 Å². The van der Waals surface area contributed by atoms with E-state index in [4.69, 9.17) is 4.42 Å². The molecule has 2 aromatic rings. The molecule has 0 saturated heterocycles. The fourth-order valence-corrected chi connectivity index (χ4v) is 2.23. The van der Waals surface area contributed by atoms with Gasteiger partial charge >= 0.3 is 0 Å². The van der Waals surface area contributed by atoms with E-state index < -0.39 is 0 Å². The Morgan fingerprint density at radius 3 is 2.65 bits per heavy atom. The van der Waals surface area contributed by atoms with Crippen LogP contribution in [0.5, 0.6) is 0 Å². The Bertz CT molecular complexity index is 540. The van der Waals surface area contributed by atoms with Crippen molar-refractivity contribution < 1.29 is 4.42 Å². The highest BCUT2D eigenvalue weighted by Gasteiger charge is 2.18. The van der Waals surface area contributed by atoms with Gasteiger partial charge in [-0.25, -0.2) is 4.98 Å². The van der Waals surface area contributed by atoms with E-state index in [0.717, 1.165) is 15.6 Å². The zero-order chi connectivity index (χ0) is 12.6. The van der Waals surface area contributed by atoms with E-state index in [2.05, 4.69) is 59.1 Å². The van der Waals surface area contributed by atoms with Gasteiger partial charge in [0.15, 0.2) is 5.58 Å². The minimum Gasteiger partial charge on any atom is -0.438 e. The molecule has 2 rings (SSSR count). The molecule has 0 unspecified atom stereocenters. The Morgan fingerprint density at radius 1 is 1.35 bits per heavy atom. The van der Waals surface area contributed by atoms with Gasteiger partial charge in [-0.2, -0.15) is 0 Å². The first-order valence-corrected chi connectivity index (χ1v) is 6.45. The van der Waals surface area contributed by atoms with E-state index in [-0.39, 0.29) is 5.41 Å². The minimum absolute atomic E-state index is 0.110. The highest BCUT2D eigenvalue weighted by molar-refractivity contribution is 9.10. The summed E-state index contributed by atoms with van der Waals surface area (Å²) in [7, 11) is 1.88. The molecule has 92 valence electrons. The normalized spacial score (nSPS) is 12.3. The molecule has 0 amide bonds. The fraction of sp³-hybridized carbons (Fsp3) is 0.462. The Labute approximate surface area is 110 Å². The molecule has 0 bridgehead atoms. The summed E-state index contributed by atoms with van der Waals surface area (Å²) in [4.78, 5) is 4.48. The van der Waals surface area contributed by atoms with E-state index in [9.17, 15) is 0 Å². The van der Waals surface area contributed by atoms with Crippen LogP contribution in [0.25, 0.3) is 11.1 Å². The van der Waals surface area contributed by atoms with Crippen molar-refractivity contribution in [2.75, 3.05) is 7.05 Å². The van der Waals surface area contributed by atoms with Crippen LogP contribution in [0, 0.1) is 0 Å². The predicted octanol–water partition coefficient (Wildman–Crippen LogP) is 3.61. The predicted molar refractivity (Wildman–Crippen MR) is 73.2 cm³/mol. The third-order valence-electron chi connectivity index (χ3n) is 2.68. The van der Waals surface area contributed by atoms with Crippen molar-refractivity contribution in [1.29, 1.82) is 0 Å². The summed E-state index contributed by atoms with van der Waals surface area (Å²) in [5, 5.41) is 3.04. The highest BCUT2D eigenvalue weighted by atomic mass is 79.9. The largest absolute Gasteiger partial charge is 0.438 e. The van der Waals surface area contributed by atoms with Crippen LogP contribution in [0.3, 0.4) is 0 Å². The van der Waals surface area contributed by atoms with E-state index in [1.54, 1.807) is 0 Å². The lowest BCUT2D eigenvalue weighted by atomic mass is 9.87. The van der Waals surface area contributed by atoms with Crippen molar-refractivity contribution >= 4 is 27.0 Å². The first kappa shape index (κ1) is 12.6. The van der Waals surface area contributed by atoms with E-state index in [1.165, 1.54) is 5.56 Å². The molecule has 1 aromatic carbocycles. The fourth-order valence-electron chi connectivity index (χ4n) is 1.70. The van der Waals surface area contributed by atoms with Crippen LogP contribution in [0.2, 0.25) is 0 Å². The molecule has 1 N–H and O–H groups in total. The average Bonchev–Trinajstić information content (AvgIpc) is 2.60. The molecule has 0 radical (unpaired) electrons. The minimum atomic E-state index is 0.110. The molecule has 1 aromatic heterocycles. The quantitative estimate of drug-likeness (QED) is 0.920. The summed E-state index contributed by atoms with van der Waals surface area (Å²) >= 11 is 3.55. The Balaban J connectivity index is 2.57. The summed E-state index contributed by atoms with van der Waals surface area (Å²) in [6, 6.07) is 4.21. The third-order valence-corrected chi connectivity index (χ3v) is 3.27. The number of aromatic nitrogens is 1. The third kappa shape index (κ3) is 2.53. The first-order valence-electron chi connectivity index (χ1n) is 5.66. The summed E-state index contributed by atoms with van der Waals surface area (Å²) in [6.07, 6.45) is 0. The SMILES string of the molecule is CNCc1nc2cc(C(C)(C)C)cc(Br)c2o1. The van der Waals surface area contributed by atoms with E-state index >= 15 is 0 Å². The second-order valence-electron chi connectivity index (χ2n) is 5.19. The summed E-state index contributed by atoms with van der Waals surface area (Å²) in [6.45, 7) is 7.21. The Morgan fingerprint density at radius 2 is 2.06 bits per heavy atom. The zero-order valence-corrected chi connectivity index (χ0v) is 12.2. The van der Waals surface area contributed by atoms with Gasteiger partial charge in [0.2, 0.25) is 5.89 Å². The van der Waals surface area contributed by atoms with Gasteiger partial charge in [-0.1, -0.05) is 20.8 Å². The number of hydrogen-bond donors (Lipinski definition) is 1.